The summed E-state index contributed by atoms with van der Waals surface area (Å²) in [5.74, 6) is 0. The van der Waals surface area contributed by atoms with E-state index in [0.717, 1.165) is 25.9 Å². The highest BCUT2D eigenvalue weighted by molar-refractivity contribution is 5.73. The maximum absolute atomic E-state index is 10.5. The van der Waals surface area contributed by atoms with E-state index in [9.17, 15) is 4.79 Å². The molecule has 0 aromatic heterocycles. The van der Waals surface area contributed by atoms with Crippen molar-refractivity contribution < 1.29 is 6.22 Å². The molecule has 1 heterocycles. The van der Waals surface area contributed by atoms with Crippen LogP contribution in [0.4, 0.5) is 4.79 Å². The lowest BCUT2D eigenvalue weighted by atomic mass is 10.3. The molecule has 0 aromatic carbocycles. The Morgan fingerprint density at radius 1 is 1.25 bits per heavy atom. The predicted molar refractivity (Wildman–Crippen MR) is 32.7 cm³/mol. The van der Waals surface area contributed by atoms with Crippen LogP contribution in [-0.2, 0) is 0 Å². The fourth-order valence-electron chi connectivity index (χ4n) is 0.716. The van der Waals surface area contributed by atoms with E-state index >= 15 is 0 Å². The molecular weight excluding hydrogens is 104 g/mol. The van der Waals surface area contributed by atoms with Gasteiger partial charge in [0.05, 0.1) is 0 Å². The summed E-state index contributed by atoms with van der Waals surface area (Å²) in [6, 6.07) is -0.0255. The molecule has 0 aliphatic carbocycles. The lowest BCUT2D eigenvalue weighted by molar-refractivity contribution is 0.243. The van der Waals surface area contributed by atoms with Crippen LogP contribution in [0, 0.1) is 0 Å². The van der Waals surface area contributed by atoms with Crippen molar-refractivity contribution in [3.63, 3.8) is 0 Å². The van der Waals surface area contributed by atoms with Gasteiger partial charge in [0.25, 0.3) is 0 Å². The number of urea groups is 1. The van der Waals surface area contributed by atoms with Gasteiger partial charge in [0.1, 0.15) is 0 Å². The number of nitrogens with one attached hydrogen (secondary N) is 2. The molecule has 0 atom stereocenters. The summed E-state index contributed by atoms with van der Waals surface area (Å²) in [5, 5.41) is 5.39. The molecule has 48 valence electrons. The molecule has 3 heteroatoms. The van der Waals surface area contributed by atoms with Gasteiger partial charge in [0, 0.05) is 14.5 Å². The predicted octanol–water partition coefficient (Wildman–Crippen LogP) is 0.325. The van der Waals surface area contributed by atoms with Gasteiger partial charge in [0.15, 0.2) is 0 Å². The van der Waals surface area contributed by atoms with Crippen molar-refractivity contribution in [2.45, 2.75) is 12.8 Å². The highest BCUT2D eigenvalue weighted by Crippen LogP contribution is 1.87. The van der Waals surface area contributed by atoms with Crippen molar-refractivity contribution in [3.05, 3.63) is 0 Å². The van der Waals surface area contributed by atoms with Gasteiger partial charge in [-0.1, -0.05) is 0 Å². The lowest BCUT2D eigenvalue weighted by Gasteiger charge is -1.96. The lowest BCUT2D eigenvalue weighted by Crippen LogP contribution is -2.32. The van der Waals surface area contributed by atoms with E-state index in [1.807, 2.05) is 0 Å². The number of hydrogen-bond donors (Lipinski definition) is 2. The fourth-order valence-corrected chi connectivity index (χ4v) is 0.716. The quantitative estimate of drug-likeness (QED) is 0.470. The second kappa shape index (κ2) is 2.55. The van der Waals surface area contributed by atoms with Crippen LogP contribution in [0.5, 0.6) is 0 Å². The maximum atomic E-state index is 10.5. The molecule has 0 radical (unpaired) electrons. The first-order chi connectivity index (χ1) is 3.89. The fraction of sp³-hybridized carbons (Fsp3) is 0.800. The topological polar surface area (TPSA) is 41.1 Å². The van der Waals surface area contributed by atoms with Crippen molar-refractivity contribution in [2.75, 3.05) is 13.1 Å². The Hall–Kier alpha value is -0.730. The summed E-state index contributed by atoms with van der Waals surface area (Å²) in [5.41, 5.74) is 0. The Bertz CT molecular complexity index is 87.0. The highest BCUT2D eigenvalue weighted by Gasteiger charge is 2.01. The summed E-state index contributed by atoms with van der Waals surface area (Å²) >= 11 is 0. The molecule has 1 aliphatic heterocycles. The number of carbonyl (C=O) groups excluding carboxylic acids is 1. The van der Waals surface area contributed by atoms with E-state index in [2.05, 4.69) is 10.6 Å². The molecule has 1 saturated heterocycles. The molecule has 1 rings (SSSR count). The minimum absolute atomic E-state index is 0. The van der Waals surface area contributed by atoms with Gasteiger partial charge in [-0.15, -0.1) is 0 Å². The normalized spacial score (nSPS) is 20.8. The van der Waals surface area contributed by atoms with Crippen LogP contribution in [0.15, 0.2) is 0 Å². The van der Waals surface area contributed by atoms with Crippen molar-refractivity contribution in [1.29, 1.82) is 0 Å². The van der Waals surface area contributed by atoms with E-state index in [4.69, 9.17) is 0 Å². The molecule has 0 bridgehead atoms. The minimum Gasteiger partial charge on any atom is -0.338 e. The van der Waals surface area contributed by atoms with Gasteiger partial charge in [-0.05, 0) is 12.8 Å². The van der Waals surface area contributed by atoms with E-state index in [1.165, 1.54) is 0 Å². The number of carbonyl (C=O) groups is 1. The standard InChI is InChI=1S/C5H10N2O.H2/c8-5-6-3-1-2-4-7-5;/h1-4H2,(H2,6,7,8);1H. The molecule has 3 nitrogen and oxygen atoms in total. The number of amides is 2. The molecule has 0 saturated carbocycles. The smallest absolute Gasteiger partial charge is 0.314 e. The number of rotatable bonds is 0. The van der Waals surface area contributed by atoms with E-state index in [0.29, 0.717) is 0 Å². The number of hydrogen-bond acceptors (Lipinski definition) is 1. The van der Waals surface area contributed by atoms with Crippen molar-refractivity contribution in [3.8, 4) is 0 Å². The first-order valence-corrected chi connectivity index (χ1v) is 2.91. The summed E-state index contributed by atoms with van der Waals surface area (Å²) in [6.07, 6.45) is 2.19. The molecule has 0 unspecified atom stereocenters. The summed E-state index contributed by atoms with van der Waals surface area (Å²) in [6.45, 7) is 1.65. The van der Waals surface area contributed by atoms with Crippen molar-refractivity contribution >= 4 is 6.03 Å². The monoisotopic (exact) mass is 116 g/mol. The molecule has 2 N–H and O–H groups in total. The van der Waals surface area contributed by atoms with Crippen LogP contribution >= 0.6 is 0 Å². The van der Waals surface area contributed by atoms with E-state index < -0.39 is 0 Å². The van der Waals surface area contributed by atoms with Gasteiger partial charge in [0.2, 0.25) is 0 Å². The molecule has 8 heavy (non-hydrogen) atoms. The third-order valence-electron chi connectivity index (χ3n) is 1.17. The van der Waals surface area contributed by atoms with Crippen LogP contribution in [0.25, 0.3) is 0 Å². The Kier molecular flexibility index (Phi) is 1.72. The Balaban J connectivity index is 0.000000640. The third kappa shape index (κ3) is 1.40. The summed E-state index contributed by atoms with van der Waals surface area (Å²) in [4.78, 5) is 10.5. The zero-order valence-corrected chi connectivity index (χ0v) is 4.74. The third-order valence-corrected chi connectivity index (χ3v) is 1.17. The maximum Gasteiger partial charge on any atom is 0.314 e. The Labute approximate surface area is 49.9 Å². The van der Waals surface area contributed by atoms with Gasteiger partial charge in [-0.2, -0.15) is 0 Å². The first kappa shape index (κ1) is 5.41. The highest BCUT2D eigenvalue weighted by atomic mass is 16.2. The van der Waals surface area contributed by atoms with Gasteiger partial charge < -0.3 is 10.6 Å². The first-order valence-electron chi connectivity index (χ1n) is 2.91. The zero-order chi connectivity index (χ0) is 5.82. The average molecular weight is 116 g/mol. The second-order valence-electron chi connectivity index (χ2n) is 1.89. The van der Waals surface area contributed by atoms with Crippen LogP contribution in [-0.4, -0.2) is 19.1 Å². The van der Waals surface area contributed by atoms with Crippen LogP contribution in [0.1, 0.15) is 14.3 Å². The average Bonchev–Trinajstić information content (AvgIpc) is 1.94. The van der Waals surface area contributed by atoms with Crippen molar-refractivity contribution in [1.82, 2.24) is 10.6 Å². The summed E-state index contributed by atoms with van der Waals surface area (Å²) in [7, 11) is 0. The molecule has 2 amide bonds. The second-order valence-corrected chi connectivity index (χ2v) is 1.89. The summed E-state index contributed by atoms with van der Waals surface area (Å²) < 4.78 is 0. The molecule has 1 fully saturated rings. The SMILES string of the molecule is O=C1NCCCCN1.[HH]. The van der Waals surface area contributed by atoms with Gasteiger partial charge >= 0.3 is 6.03 Å². The largest absolute Gasteiger partial charge is 0.338 e. The van der Waals surface area contributed by atoms with Crippen LogP contribution in [0.2, 0.25) is 0 Å². The van der Waals surface area contributed by atoms with Crippen LogP contribution in [0.3, 0.4) is 0 Å². The minimum atomic E-state index is -0.0255. The van der Waals surface area contributed by atoms with Crippen LogP contribution < -0.4 is 10.6 Å². The van der Waals surface area contributed by atoms with E-state index in [1.54, 1.807) is 0 Å². The van der Waals surface area contributed by atoms with Gasteiger partial charge in [-0.25, -0.2) is 4.79 Å². The Morgan fingerprint density at radius 2 is 1.75 bits per heavy atom. The Morgan fingerprint density at radius 3 is 2.25 bits per heavy atom. The van der Waals surface area contributed by atoms with Crippen molar-refractivity contribution in [2.24, 2.45) is 0 Å². The molecule has 0 aromatic rings. The van der Waals surface area contributed by atoms with Gasteiger partial charge in [-0.3, -0.25) is 0 Å². The van der Waals surface area contributed by atoms with E-state index in [-0.39, 0.29) is 7.46 Å². The molecule has 0 spiro atoms. The zero-order valence-electron chi connectivity index (χ0n) is 4.74. The molecular formula is C5H12N2O. The molecule has 1 aliphatic rings.